The molecule has 2 aromatic rings. The number of benzene rings is 2. The van der Waals surface area contributed by atoms with Crippen molar-refractivity contribution in [2.75, 3.05) is 18.7 Å². The summed E-state index contributed by atoms with van der Waals surface area (Å²) in [6, 6.07) is 14.6. The summed E-state index contributed by atoms with van der Waals surface area (Å²) in [4.78, 5) is 10.9. The molecule has 0 amide bonds. The van der Waals surface area contributed by atoms with Crippen LogP contribution in [0.15, 0.2) is 54.6 Å². The Bertz CT molecular complexity index is 706. The SMILES string of the molecule is COc1ccc(C2=CCN(c3ccc(C(=O)O)cc3)N2)cc1. The minimum atomic E-state index is -0.919. The highest BCUT2D eigenvalue weighted by Crippen LogP contribution is 2.23. The Morgan fingerprint density at radius 1 is 1.14 bits per heavy atom. The maximum atomic E-state index is 10.9. The second kappa shape index (κ2) is 5.81. The van der Waals surface area contributed by atoms with Crippen LogP contribution in [0.2, 0.25) is 0 Å². The molecule has 0 aliphatic carbocycles. The molecule has 22 heavy (non-hydrogen) atoms. The Morgan fingerprint density at radius 2 is 1.82 bits per heavy atom. The molecule has 1 heterocycles. The largest absolute Gasteiger partial charge is 0.497 e. The van der Waals surface area contributed by atoms with E-state index < -0.39 is 5.97 Å². The van der Waals surface area contributed by atoms with Gasteiger partial charge in [0, 0.05) is 0 Å². The Balaban J connectivity index is 1.71. The van der Waals surface area contributed by atoms with E-state index in [1.165, 1.54) is 0 Å². The summed E-state index contributed by atoms with van der Waals surface area (Å²) in [5, 5.41) is 10.9. The molecule has 0 aromatic heterocycles. The number of anilines is 1. The van der Waals surface area contributed by atoms with Gasteiger partial charge in [-0.2, -0.15) is 0 Å². The molecule has 3 rings (SSSR count). The first-order chi connectivity index (χ1) is 10.7. The van der Waals surface area contributed by atoms with Crippen molar-refractivity contribution in [2.45, 2.75) is 0 Å². The van der Waals surface area contributed by atoms with Gasteiger partial charge in [-0.05, 0) is 60.2 Å². The second-order valence-electron chi connectivity index (χ2n) is 4.92. The molecule has 0 saturated heterocycles. The lowest BCUT2D eigenvalue weighted by atomic mass is 10.1. The van der Waals surface area contributed by atoms with Crippen LogP contribution in [0, 0.1) is 0 Å². The molecule has 0 spiro atoms. The van der Waals surface area contributed by atoms with E-state index in [9.17, 15) is 4.79 Å². The first-order valence-electron chi connectivity index (χ1n) is 6.89. The van der Waals surface area contributed by atoms with Gasteiger partial charge in [0.15, 0.2) is 0 Å². The molecular weight excluding hydrogens is 280 g/mol. The molecule has 0 fully saturated rings. The van der Waals surface area contributed by atoms with Crippen LogP contribution in [-0.4, -0.2) is 24.7 Å². The van der Waals surface area contributed by atoms with Crippen LogP contribution < -0.4 is 15.2 Å². The average Bonchev–Trinajstić information content (AvgIpc) is 3.05. The normalized spacial score (nSPS) is 13.5. The molecule has 5 heteroatoms. The number of rotatable bonds is 4. The van der Waals surface area contributed by atoms with Gasteiger partial charge in [0.25, 0.3) is 0 Å². The third-order valence-corrected chi connectivity index (χ3v) is 3.56. The predicted molar refractivity (Wildman–Crippen MR) is 84.9 cm³/mol. The highest BCUT2D eigenvalue weighted by molar-refractivity contribution is 5.88. The van der Waals surface area contributed by atoms with Gasteiger partial charge >= 0.3 is 5.97 Å². The van der Waals surface area contributed by atoms with Gasteiger partial charge in [-0.25, -0.2) is 4.79 Å². The third kappa shape index (κ3) is 2.74. The second-order valence-corrected chi connectivity index (χ2v) is 4.92. The third-order valence-electron chi connectivity index (χ3n) is 3.56. The molecule has 2 aromatic carbocycles. The van der Waals surface area contributed by atoms with Crippen molar-refractivity contribution in [3.05, 3.63) is 65.7 Å². The van der Waals surface area contributed by atoms with E-state index in [2.05, 4.69) is 11.5 Å². The van der Waals surface area contributed by atoms with E-state index in [-0.39, 0.29) is 5.56 Å². The summed E-state index contributed by atoms with van der Waals surface area (Å²) in [5.74, 6) is -0.0959. The van der Waals surface area contributed by atoms with Gasteiger partial charge in [0.05, 0.1) is 30.6 Å². The van der Waals surface area contributed by atoms with Crippen LogP contribution in [0.4, 0.5) is 5.69 Å². The van der Waals surface area contributed by atoms with Crippen molar-refractivity contribution in [1.82, 2.24) is 5.43 Å². The molecule has 0 unspecified atom stereocenters. The van der Waals surface area contributed by atoms with Gasteiger partial charge in [-0.15, -0.1) is 0 Å². The molecule has 0 saturated carbocycles. The smallest absolute Gasteiger partial charge is 0.335 e. The van der Waals surface area contributed by atoms with Gasteiger partial charge in [0.2, 0.25) is 0 Å². The van der Waals surface area contributed by atoms with Crippen molar-refractivity contribution >= 4 is 17.4 Å². The van der Waals surface area contributed by atoms with Crippen LogP contribution in [-0.2, 0) is 0 Å². The van der Waals surface area contributed by atoms with Crippen LogP contribution in [0.3, 0.4) is 0 Å². The van der Waals surface area contributed by atoms with Crippen molar-refractivity contribution in [2.24, 2.45) is 0 Å². The molecule has 5 nitrogen and oxygen atoms in total. The zero-order valence-corrected chi connectivity index (χ0v) is 12.1. The quantitative estimate of drug-likeness (QED) is 0.908. The highest BCUT2D eigenvalue weighted by Gasteiger charge is 2.15. The standard InChI is InChI=1S/C17H16N2O3/c1-22-15-8-4-12(5-9-15)16-10-11-19(18-16)14-6-2-13(3-7-14)17(20)21/h2-10,18H,11H2,1H3,(H,20,21). The van der Waals surface area contributed by atoms with Gasteiger partial charge in [0.1, 0.15) is 5.75 Å². The number of carboxylic acids is 1. The number of carbonyl (C=O) groups is 1. The molecular formula is C17H16N2O3. The molecule has 0 bridgehead atoms. The van der Waals surface area contributed by atoms with Crippen molar-refractivity contribution < 1.29 is 14.6 Å². The summed E-state index contributed by atoms with van der Waals surface area (Å²) in [7, 11) is 1.64. The number of ether oxygens (including phenoxy) is 1. The fourth-order valence-electron chi connectivity index (χ4n) is 2.33. The van der Waals surface area contributed by atoms with Crippen LogP contribution in [0.5, 0.6) is 5.75 Å². The molecule has 1 aliphatic heterocycles. The summed E-state index contributed by atoms with van der Waals surface area (Å²) in [5.41, 5.74) is 6.61. The molecule has 0 radical (unpaired) electrons. The van der Waals surface area contributed by atoms with E-state index in [0.717, 1.165) is 22.7 Å². The monoisotopic (exact) mass is 296 g/mol. The topological polar surface area (TPSA) is 61.8 Å². The fourth-order valence-corrected chi connectivity index (χ4v) is 2.33. The van der Waals surface area contributed by atoms with Gasteiger partial charge < -0.3 is 9.84 Å². The lowest BCUT2D eigenvalue weighted by molar-refractivity contribution is 0.0697. The zero-order chi connectivity index (χ0) is 15.5. The molecule has 112 valence electrons. The molecule has 0 atom stereocenters. The minimum absolute atomic E-state index is 0.284. The fraction of sp³-hybridized carbons (Fsp3) is 0.118. The number of nitrogens with one attached hydrogen (secondary N) is 1. The lowest BCUT2D eigenvalue weighted by Crippen LogP contribution is -2.31. The molecule has 2 N–H and O–H groups in total. The number of methoxy groups -OCH3 is 1. The summed E-state index contributed by atoms with van der Waals surface area (Å²) >= 11 is 0. The zero-order valence-electron chi connectivity index (χ0n) is 12.1. The molecule has 1 aliphatic rings. The first-order valence-corrected chi connectivity index (χ1v) is 6.89. The van der Waals surface area contributed by atoms with Crippen LogP contribution >= 0.6 is 0 Å². The Hall–Kier alpha value is -2.95. The van der Waals surface area contributed by atoms with Crippen molar-refractivity contribution in [3.8, 4) is 5.75 Å². The number of hydrogen-bond donors (Lipinski definition) is 2. The number of carboxylic acid groups (broad SMARTS) is 1. The van der Waals surface area contributed by atoms with E-state index in [0.29, 0.717) is 6.54 Å². The Kier molecular flexibility index (Phi) is 3.70. The summed E-state index contributed by atoms with van der Waals surface area (Å²) < 4.78 is 5.15. The average molecular weight is 296 g/mol. The van der Waals surface area contributed by atoms with Crippen LogP contribution in [0.1, 0.15) is 15.9 Å². The van der Waals surface area contributed by atoms with E-state index in [1.54, 1.807) is 31.4 Å². The predicted octanol–water partition coefficient (Wildman–Crippen LogP) is 2.76. The first kappa shape index (κ1) is 14.0. The van der Waals surface area contributed by atoms with Crippen molar-refractivity contribution in [1.29, 1.82) is 0 Å². The van der Waals surface area contributed by atoms with E-state index in [4.69, 9.17) is 9.84 Å². The summed E-state index contributed by atoms with van der Waals surface area (Å²) in [6.07, 6.45) is 2.09. The Morgan fingerprint density at radius 3 is 2.41 bits per heavy atom. The number of aromatic carboxylic acids is 1. The number of nitrogens with zero attached hydrogens (tertiary/aromatic N) is 1. The minimum Gasteiger partial charge on any atom is -0.497 e. The highest BCUT2D eigenvalue weighted by atomic mass is 16.5. The Labute approximate surface area is 128 Å². The number of hydrazine groups is 1. The maximum absolute atomic E-state index is 10.9. The lowest BCUT2D eigenvalue weighted by Gasteiger charge is -2.20. The van der Waals surface area contributed by atoms with E-state index >= 15 is 0 Å². The maximum Gasteiger partial charge on any atom is 0.335 e. The van der Waals surface area contributed by atoms with Gasteiger partial charge in [-0.3, -0.25) is 10.4 Å². The van der Waals surface area contributed by atoms with Crippen molar-refractivity contribution in [3.63, 3.8) is 0 Å². The number of hydrogen-bond acceptors (Lipinski definition) is 4. The van der Waals surface area contributed by atoms with Crippen LogP contribution in [0.25, 0.3) is 5.70 Å². The van der Waals surface area contributed by atoms with Gasteiger partial charge in [-0.1, -0.05) is 0 Å². The van der Waals surface area contributed by atoms with E-state index in [1.807, 2.05) is 29.3 Å². The summed E-state index contributed by atoms with van der Waals surface area (Å²) in [6.45, 7) is 0.716.